The van der Waals surface area contributed by atoms with Crippen LogP contribution in [0.4, 0.5) is 10.1 Å². The van der Waals surface area contributed by atoms with Crippen LogP contribution in [0.3, 0.4) is 0 Å². The van der Waals surface area contributed by atoms with Crippen molar-refractivity contribution in [3.05, 3.63) is 89.0 Å². The predicted molar refractivity (Wildman–Crippen MR) is 163 cm³/mol. The number of carbonyl (C=O) groups is 1. The van der Waals surface area contributed by atoms with Crippen molar-refractivity contribution >= 4 is 34.3 Å². The number of hydrogen-bond donors (Lipinski definition) is 0. The number of thioether (sulfide) groups is 1. The highest BCUT2D eigenvalue weighted by molar-refractivity contribution is 7.99. The molecular formula is C32H35FN4O3S. The van der Waals surface area contributed by atoms with Gasteiger partial charge in [-0.15, -0.1) is 0 Å². The molecule has 5 rings (SSSR count). The highest BCUT2D eigenvalue weighted by atomic mass is 32.2. The zero-order valence-corrected chi connectivity index (χ0v) is 24.1. The number of rotatable bonds is 11. The third-order valence-electron chi connectivity index (χ3n) is 7.23. The number of anilines is 1. The average Bonchev–Trinajstić information content (AvgIpc) is 3.00. The third-order valence-corrected chi connectivity index (χ3v) is 8.26. The molecule has 3 aromatic carbocycles. The van der Waals surface area contributed by atoms with E-state index in [9.17, 15) is 14.0 Å². The maximum absolute atomic E-state index is 13.5. The van der Waals surface area contributed by atoms with Crippen LogP contribution in [0.5, 0.6) is 5.75 Å². The monoisotopic (exact) mass is 574 g/mol. The lowest BCUT2D eigenvalue weighted by Crippen LogP contribution is -2.48. The third kappa shape index (κ3) is 6.90. The number of para-hydroxylation sites is 3. The Bertz CT molecular complexity index is 1530. The lowest BCUT2D eigenvalue weighted by molar-refractivity contribution is -0.131. The number of aromatic nitrogens is 2. The quantitative estimate of drug-likeness (QED) is 0.126. The maximum atomic E-state index is 13.5. The van der Waals surface area contributed by atoms with Gasteiger partial charge in [-0.2, -0.15) is 0 Å². The SMILES string of the molecule is CCOc1ccccc1N1CCN(C(=O)CCCCCSc2nc3ccccc3c(=O)n2-c2ccc(F)cc2)CC1. The van der Waals surface area contributed by atoms with Crippen molar-refractivity contribution in [3.63, 3.8) is 0 Å². The molecule has 9 heteroatoms. The van der Waals surface area contributed by atoms with Crippen LogP contribution >= 0.6 is 11.8 Å². The number of benzene rings is 3. The van der Waals surface area contributed by atoms with Gasteiger partial charge in [-0.1, -0.05) is 42.4 Å². The van der Waals surface area contributed by atoms with Crippen molar-refractivity contribution in [1.82, 2.24) is 14.5 Å². The van der Waals surface area contributed by atoms with E-state index in [1.807, 2.05) is 48.2 Å². The molecule has 1 amide bonds. The molecule has 41 heavy (non-hydrogen) atoms. The average molecular weight is 575 g/mol. The van der Waals surface area contributed by atoms with Crippen LogP contribution in [0.25, 0.3) is 16.6 Å². The summed E-state index contributed by atoms with van der Waals surface area (Å²) < 4.78 is 20.9. The molecule has 1 aromatic heterocycles. The molecule has 1 aliphatic rings. The van der Waals surface area contributed by atoms with Crippen molar-refractivity contribution in [2.45, 2.75) is 37.8 Å². The second-order valence-electron chi connectivity index (χ2n) is 9.96. The van der Waals surface area contributed by atoms with Crippen molar-refractivity contribution in [1.29, 1.82) is 0 Å². The highest BCUT2D eigenvalue weighted by Crippen LogP contribution is 2.29. The minimum absolute atomic E-state index is 0.170. The van der Waals surface area contributed by atoms with Crippen LogP contribution in [-0.4, -0.2) is 58.9 Å². The Morgan fingerprint density at radius 1 is 0.927 bits per heavy atom. The fourth-order valence-corrected chi connectivity index (χ4v) is 6.11. The second kappa shape index (κ2) is 13.7. The molecule has 0 bridgehead atoms. The first-order valence-corrected chi connectivity index (χ1v) is 15.2. The first-order chi connectivity index (χ1) is 20.0. The number of halogens is 1. The summed E-state index contributed by atoms with van der Waals surface area (Å²) in [5, 5.41) is 1.11. The molecule has 0 radical (unpaired) electrons. The van der Waals surface area contributed by atoms with Gasteiger partial charge in [0.2, 0.25) is 5.91 Å². The Labute approximate surface area is 243 Å². The van der Waals surface area contributed by atoms with Crippen LogP contribution in [0.15, 0.2) is 82.7 Å². The van der Waals surface area contributed by atoms with Gasteiger partial charge in [-0.3, -0.25) is 14.2 Å². The summed E-state index contributed by atoms with van der Waals surface area (Å²) in [6.45, 7) is 5.62. The first-order valence-electron chi connectivity index (χ1n) is 14.2. The van der Waals surface area contributed by atoms with Crippen LogP contribution in [0.1, 0.15) is 32.6 Å². The van der Waals surface area contributed by atoms with E-state index in [1.165, 1.54) is 23.9 Å². The number of fused-ring (bicyclic) bond motifs is 1. The van der Waals surface area contributed by atoms with Crippen LogP contribution in [0.2, 0.25) is 0 Å². The Morgan fingerprint density at radius 3 is 2.44 bits per heavy atom. The van der Waals surface area contributed by atoms with E-state index in [1.54, 1.807) is 22.8 Å². The summed E-state index contributed by atoms with van der Waals surface area (Å²) in [5.74, 6) is 1.50. The lowest BCUT2D eigenvalue weighted by atomic mass is 10.1. The Kier molecular flexibility index (Phi) is 9.56. The summed E-state index contributed by atoms with van der Waals surface area (Å²) >= 11 is 1.51. The number of unbranched alkanes of at least 4 members (excludes halogenated alkanes) is 2. The van der Waals surface area contributed by atoms with E-state index in [2.05, 4.69) is 11.0 Å². The topological polar surface area (TPSA) is 67.7 Å². The molecule has 0 spiro atoms. The molecule has 2 heterocycles. The first kappa shape index (κ1) is 28.7. The fourth-order valence-electron chi connectivity index (χ4n) is 5.10. The summed E-state index contributed by atoms with van der Waals surface area (Å²) in [7, 11) is 0. The largest absolute Gasteiger partial charge is 0.492 e. The summed E-state index contributed by atoms with van der Waals surface area (Å²) in [6, 6.07) is 21.2. The van der Waals surface area contributed by atoms with Gasteiger partial charge in [0, 0.05) is 38.4 Å². The second-order valence-corrected chi connectivity index (χ2v) is 11.0. The molecule has 0 aliphatic carbocycles. The van der Waals surface area contributed by atoms with Crippen molar-refractivity contribution in [2.24, 2.45) is 0 Å². The van der Waals surface area contributed by atoms with Crippen LogP contribution in [0, 0.1) is 5.82 Å². The molecule has 0 unspecified atom stereocenters. The minimum atomic E-state index is -0.354. The number of ether oxygens (including phenoxy) is 1. The molecule has 1 aliphatic heterocycles. The molecular weight excluding hydrogens is 539 g/mol. The molecule has 7 nitrogen and oxygen atoms in total. The van der Waals surface area contributed by atoms with Gasteiger partial charge < -0.3 is 14.5 Å². The number of carbonyl (C=O) groups excluding carboxylic acids is 1. The van der Waals surface area contributed by atoms with Gasteiger partial charge in [0.05, 0.1) is 28.9 Å². The van der Waals surface area contributed by atoms with E-state index in [4.69, 9.17) is 9.72 Å². The van der Waals surface area contributed by atoms with E-state index >= 15 is 0 Å². The number of piperazine rings is 1. The van der Waals surface area contributed by atoms with Crippen LogP contribution < -0.4 is 15.2 Å². The van der Waals surface area contributed by atoms with Gasteiger partial charge in [-0.05, 0) is 68.3 Å². The van der Waals surface area contributed by atoms with Gasteiger partial charge in [0.15, 0.2) is 5.16 Å². The zero-order chi connectivity index (χ0) is 28.6. The Morgan fingerprint density at radius 2 is 1.66 bits per heavy atom. The van der Waals surface area contributed by atoms with E-state index in [-0.39, 0.29) is 17.3 Å². The fraction of sp³-hybridized carbons (Fsp3) is 0.344. The molecule has 0 saturated carbocycles. The van der Waals surface area contributed by atoms with Gasteiger partial charge in [0.1, 0.15) is 11.6 Å². The molecule has 1 fully saturated rings. The van der Waals surface area contributed by atoms with E-state index in [0.717, 1.165) is 49.5 Å². The molecule has 0 atom stereocenters. The lowest BCUT2D eigenvalue weighted by Gasteiger charge is -2.36. The molecule has 1 saturated heterocycles. The molecule has 4 aromatic rings. The van der Waals surface area contributed by atoms with Crippen LogP contribution in [-0.2, 0) is 4.79 Å². The summed E-state index contributed by atoms with van der Waals surface area (Å²) in [6.07, 6.45) is 3.16. The number of hydrogen-bond acceptors (Lipinski definition) is 6. The van der Waals surface area contributed by atoms with Crippen molar-refractivity contribution < 1.29 is 13.9 Å². The molecule has 214 valence electrons. The zero-order valence-electron chi connectivity index (χ0n) is 23.3. The standard InChI is InChI=1S/C32H35FN4O3S/c1-2-40-29-13-8-7-12-28(29)35-19-21-36(22-20-35)30(38)14-4-3-9-23-41-32-34-27-11-6-5-10-26(27)31(39)37(32)25-17-15-24(33)16-18-25/h5-8,10-13,15-18H,2-4,9,14,19-23H2,1H3. The maximum Gasteiger partial charge on any atom is 0.266 e. The van der Waals surface area contributed by atoms with Crippen molar-refractivity contribution in [3.8, 4) is 11.4 Å². The summed E-state index contributed by atoms with van der Waals surface area (Å²) in [4.78, 5) is 35.2. The minimum Gasteiger partial charge on any atom is -0.492 e. The Hall–Kier alpha value is -3.85. The summed E-state index contributed by atoms with van der Waals surface area (Å²) in [5.41, 5.74) is 2.15. The van der Waals surface area contributed by atoms with E-state index < -0.39 is 0 Å². The predicted octanol–water partition coefficient (Wildman–Crippen LogP) is 5.92. The number of nitrogens with zero attached hydrogens (tertiary/aromatic N) is 4. The number of amides is 1. The van der Waals surface area contributed by atoms with Gasteiger partial charge in [-0.25, -0.2) is 9.37 Å². The van der Waals surface area contributed by atoms with Gasteiger partial charge in [0.25, 0.3) is 5.56 Å². The normalized spacial score (nSPS) is 13.5. The molecule has 0 N–H and O–H groups in total. The van der Waals surface area contributed by atoms with E-state index in [0.29, 0.717) is 47.9 Å². The highest BCUT2D eigenvalue weighted by Gasteiger charge is 2.22. The Balaban J connectivity index is 1.11. The van der Waals surface area contributed by atoms with Gasteiger partial charge >= 0.3 is 0 Å². The van der Waals surface area contributed by atoms with Crippen molar-refractivity contribution in [2.75, 3.05) is 43.4 Å². The smallest absolute Gasteiger partial charge is 0.266 e.